The summed E-state index contributed by atoms with van der Waals surface area (Å²) in [5.41, 5.74) is 1.14. The van der Waals surface area contributed by atoms with Crippen molar-refractivity contribution in [3.8, 4) is 0 Å². The summed E-state index contributed by atoms with van der Waals surface area (Å²) >= 11 is 0. The minimum Gasteiger partial charge on any atom is -0.207 e. The van der Waals surface area contributed by atoms with E-state index in [0.29, 0.717) is 24.0 Å². The molecule has 0 bridgehead atoms. The average molecular weight is 140 g/mol. The predicted molar refractivity (Wildman–Crippen MR) is 33.8 cm³/mol. The number of hydrogen-bond acceptors (Lipinski definition) is 0. The molecule has 0 saturated heterocycles. The second kappa shape index (κ2) is 1.78. The zero-order chi connectivity index (χ0) is 7.14. The molecule has 0 radical (unpaired) electrons. The van der Waals surface area contributed by atoms with Gasteiger partial charge in [0.1, 0.15) is 11.6 Å². The van der Waals surface area contributed by atoms with Crippen molar-refractivity contribution in [3.05, 3.63) is 34.9 Å². The molecule has 10 heavy (non-hydrogen) atoms. The lowest BCUT2D eigenvalue weighted by Crippen LogP contribution is -2.13. The molecule has 0 aromatic heterocycles. The Balaban J connectivity index is 2.66. The maximum atomic E-state index is 12.6. The van der Waals surface area contributed by atoms with Gasteiger partial charge in [0.05, 0.1) is 0 Å². The second-order valence-electron chi connectivity index (χ2n) is 2.49. The maximum absolute atomic E-state index is 12.6. The number of rotatable bonds is 0. The Morgan fingerprint density at radius 2 is 1.30 bits per heavy atom. The van der Waals surface area contributed by atoms with Gasteiger partial charge in [-0.05, 0) is 36.1 Å². The van der Waals surface area contributed by atoms with Crippen molar-refractivity contribution in [2.45, 2.75) is 12.8 Å². The first kappa shape index (κ1) is 5.83. The first-order valence-electron chi connectivity index (χ1n) is 3.25. The van der Waals surface area contributed by atoms with Gasteiger partial charge in [-0.15, -0.1) is 0 Å². The van der Waals surface area contributed by atoms with Gasteiger partial charge in [-0.1, -0.05) is 0 Å². The molecule has 0 aliphatic heterocycles. The molecule has 1 aliphatic rings. The highest BCUT2D eigenvalue weighted by molar-refractivity contribution is 5.37. The van der Waals surface area contributed by atoms with E-state index < -0.39 is 0 Å². The third-order valence-corrected chi connectivity index (χ3v) is 1.94. The Morgan fingerprint density at radius 3 is 1.60 bits per heavy atom. The molecule has 0 spiro atoms. The molecule has 0 saturated carbocycles. The summed E-state index contributed by atoms with van der Waals surface area (Å²) in [5, 5.41) is 0. The van der Waals surface area contributed by atoms with E-state index >= 15 is 0 Å². The Labute approximate surface area is 57.5 Å². The summed E-state index contributed by atoms with van der Waals surface area (Å²) in [6, 6.07) is 2.38. The fourth-order valence-corrected chi connectivity index (χ4v) is 1.25. The van der Waals surface area contributed by atoms with Crippen LogP contribution in [-0.4, -0.2) is 0 Å². The molecule has 0 N–H and O–H groups in total. The van der Waals surface area contributed by atoms with Crippen LogP contribution in [0.25, 0.3) is 0 Å². The van der Waals surface area contributed by atoms with E-state index in [9.17, 15) is 8.78 Å². The fourth-order valence-electron chi connectivity index (χ4n) is 1.25. The summed E-state index contributed by atoms with van der Waals surface area (Å²) in [6.45, 7) is 0. The van der Waals surface area contributed by atoms with Gasteiger partial charge in [-0.25, -0.2) is 8.78 Å². The molecule has 0 fully saturated rings. The molecule has 0 heterocycles. The van der Waals surface area contributed by atoms with Crippen LogP contribution in [0.5, 0.6) is 0 Å². The third kappa shape index (κ3) is 0.589. The van der Waals surface area contributed by atoms with E-state index in [-0.39, 0.29) is 11.6 Å². The quantitative estimate of drug-likeness (QED) is 0.517. The Morgan fingerprint density at radius 1 is 0.900 bits per heavy atom. The summed E-state index contributed by atoms with van der Waals surface area (Å²) in [4.78, 5) is 0. The molecule has 0 nitrogen and oxygen atoms in total. The van der Waals surface area contributed by atoms with E-state index in [2.05, 4.69) is 0 Å². The van der Waals surface area contributed by atoms with Gasteiger partial charge in [0.15, 0.2) is 0 Å². The van der Waals surface area contributed by atoms with Crippen LogP contribution in [0, 0.1) is 11.6 Å². The number of hydrogen-bond donors (Lipinski definition) is 0. The highest BCUT2D eigenvalue weighted by Crippen LogP contribution is 2.27. The molecule has 1 aromatic rings. The van der Waals surface area contributed by atoms with Gasteiger partial charge in [0, 0.05) is 0 Å². The van der Waals surface area contributed by atoms with E-state index in [4.69, 9.17) is 0 Å². The van der Waals surface area contributed by atoms with Crippen LogP contribution in [-0.2, 0) is 12.8 Å². The zero-order valence-electron chi connectivity index (χ0n) is 5.32. The van der Waals surface area contributed by atoms with Crippen molar-refractivity contribution >= 4 is 0 Å². The highest BCUT2D eigenvalue weighted by atomic mass is 19.1. The maximum Gasteiger partial charge on any atom is 0.126 e. The van der Waals surface area contributed by atoms with Gasteiger partial charge in [0.2, 0.25) is 0 Å². The molecule has 1 aromatic carbocycles. The lowest BCUT2D eigenvalue weighted by atomic mass is 9.88. The van der Waals surface area contributed by atoms with Crippen molar-refractivity contribution in [3.63, 3.8) is 0 Å². The predicted octanol–water partition coefficient (Wildman–Crippen LogP) is 2.06. The SMILES string of the molecule is Fc1ccc(F)c2c1CC2. The van der Waals surface area contributed by atoms with Crippen LogP contribution in [0.15, 0.2) is 12.1 Å². The van der Waals surface area contributed by atoms with E-state index in [1.54, 1.807) is 0 Å². The minimum atomic E-state index is -0.261. The zero-order valence-corrected chi connectivity index (χ0v) is 5.32. The van der Waals surface area contributed by atoms with Gasteiger partial charge in [-0.2, -0.15) is 0 Å². The number of halogens is 2. The van der Waals surface area contributed by atoms with E-state index in [0.717, 1.165) is 0 Å². The number of benzene rings is 1. The minimum absolute atomic E-state index is 0.261. The lowest BCUT2D eigenvalue weighted by molar-refractivity contribution is 0.543. The molecule has 2 rings (SSSR count). The van der Waals surface area contributed by atoms with Crippen molar-refractivity contribution in [1.29, 1.82) is 0 Å². The van der Waals surface area contributed by atoms with Crippen LogP contribution >= 0.6 is 0 Å². The van der Waals surface area contributed by atoms with Crippen LogP contribution in [0.3, 0.4) is 0 Å². The molecule has 52 valence electrons. The second-order valence-corrected chi connectivity index (χ2v) is 2.49. The smallest absolute Gasteiger partial charge is 0.126 e. The molecule has 0 unspecified atom stereocenters. The fraction of sp³-hybridized carbons (Fsp3) is 0.250. The van der Waals surface area contributed by atoms with Crippen molar-refractivity contribution < 1.29 is 8.78 Å². The van der Waals surface area contributed by atoms with E-state index in [1.165, 1.54) is 12.1 Å². The summed E-state index contributed by atoms with van der Waals surface area (Å²) in [7, 11) is 0. The van der Waals surface area contributed by atoms with Crippen LogP contribution in [0.1, 0.15) is 11.1 Å². The first-order chi connectivity index (χ1) is 4.79. The standard InChI is InChI=1S/C8H6F2/c9-7-3-4-8(10)6-2-1-5(6)7/h3-4H,1-2H2. The molecule has 0 amide bonds. The van der Waals surface area contributed by atoms with Crippen molar-refractivity contribution in [1.82, 2.24) is 0 Å². The molecular weight excluding hydrogens is 134 g/mol. The highest BCUT2D eigenvalue weighted by Gasteiger charge is 2.20. The van der Waals surface area contributed by atoms with E-state index in [1.807, 2.05) is 0 Å². The summed E-state index contributed by atoms with van der Waals surface area (Å²) in [5.74, 6) is -0.523. The molecule has 1 aliphatic carbocycles. The Bertz CT molecular complexity index is 250. The monoisotopic (exact) mass is 140 g/mol. The first-order valence-corrected chi connectivity index (χ1v) is 3.25. The molecule has 2 heteroatoms. The van der Waals surface area contributed by atoms with Gasteiger partial charge < -0.3 is 0 Å². The topological polar surface area (TPSA) is 0 Å². The normalized spacial score (nSPS) is 14.2. The van der Waals surface area contributed by atoms with Crippen molar-refractivity contribution in [2.24, 2.45) is 0 Å². The van der Waals surface area contributed by atoms with Crippen molar-refractivity contribution in [2.75, 3.05) is 0 Å². The van der Waals surface area contributed by atoms with Gasteiger partial charge >= 0.3 is 0 Å². The lowest BCUT2D eigenvalue weighted by Gasteiger charge is -2.19. The van der Waals surface area contributed by atoms with Crippen LogP contribution < -0.4 is 0 Å². The van der Waals surface area contributed by atoms with Crippen LogP contribution in [0.2, 0.25) is 0 Å². The largest absolute Gasteiger partial charge is 0.207 e. The third-order valence-electron chi connectivity index (χ3n) is 1.94. The van der Waals surface area contributed by atoms with Gasteiger partial charge in [-0.3, -0.25) is 0 Å². The number of fused-ring (bicyclic) bond motifs is 1. The molecule has 0 atom stereocenters. The average Bonchev–Trinajstić information content (AvgIpc) is 1.78. The van der Waals surface area contributed by atoms with Crippen LogP contribution in [0.4, 0.5) is 8.78 Å². The Hall–Kier alpha value is -0.920. The van der Waals surface area contributed by atoms with Gasteiger partial charge in [0.25, 0.3) is 0 Å². The molecular formula is C8H6F2. The summed E-state index contributed by atoms with van der Waals surface area (Å²) < 4.78 is 25.3. The summed E-state index contributed by atoms with van der Waals surface area (Å²) in [6.07, 6.45) is 1.39. The Kier molecular flexibility index (Phi) is 1.04.